The maximum Gasteiger partial charge on any atom is 0.176 e. The minimum Gasteiger partial charge on any atom is -0.382 e. The Bertz CT molecular complexity index is 1520. The van der Waals surface area contributed by atoms with Gasteiger partial charge in [0.25, 0.3) is 0 Å². The second kappa shape index (κ2) is 8.44. The first-order valence-electron chi connectivity index (χ1n) is 9.87. The van der Waals surface area contributed by atoms with Crippen LogP contribution in [0.25, 0.3) is 22.0 Å². The molecule has 0 aliphatic heterocycles. The first-order chi connectivity index (χ1) is 15.7. The van der Waals surface area contributed by atoms with Crippen molar-refractivity contribution in [3.63, 3.8) is 0 Å². The van der Waals surface area contributed by atoms with Gasteiger partial charge in [-0.3, -0.25) is 0 Å². The molecule has 0 aliphatic carbocycles. The van der Waals surface area contributed by atoms with E-state index in [1.165, 1.54) is 18.5 Å². The number of nitrogens with two attached hydrogens (primary N) is 1. The van der Waals surface area contributed by atoms with Gasteiger partial charge in [-0.25, -0.2) is 27.8 Å². The van der Waals surface area contributed by atoms with Crippen molar-refractivity contribution in [2.75, 3.05) is 17.3 Å². The number of hydrogen-bond donors (Lipinski definition) is 2. The van der Waals surface area contributed by atoms with Crippen LogP contribution in [-0.2, 0) is 9.84 Å². The summed E-state index contributed by atoms with van der Waals surface area (Å²) in [5.74, 6) is -0.491. The summed E-state index contributed by atoms with van der Waals surface area (Å²) in [6.45, 7) is 1.74. The molecule has 0 spiro atoms. The Morgan fingerprint density at radius 3 is 2.52 bits per heavy atom. The van der Waals surface area contributed by atoms with Gasteiger partial charge in [-0.15, -0.1) is 0 Å². The third-order valence-corrected chi connectivity index (χ3v) is 6.28. The first-order valence-corrected chi connectivity index (χ1v) is 11.8. The number of benzene rings is 2. The molecule has 0 bridgehead atoms. The molecule has 0 saturated carbocycles. The molecule has 33 heavy (non-hydrogen) atoms. The fourth-order valence-electron chi connectivity index (χ4n) is 3.72. The summed E-state index contributed by atoms with van der Waals surface area (Å²) in [5.41, 5.74) is 7.22. The summed E-state index contributed by atoms with van der Waals surface area (Å²) in [6.07, 6.45) is 2.26. The lowest BCUT2D eigenvalue weighted by Gasteiger charge is -2.22. The summed E-state index contributed by atoms with van der Waals surface area (Å²) >= 11 is 0. The summed E-state index contributed by atoms with van der Waals surface area (Å²) in [7, 11) is -3.88. The smallest absolute Gasteiger partial charge is 0.176 e. The van der Waals surface area contributed by atoms with Gasteiger partial charge in [-0.05, 0) is 24.6 Å². The van der Waals surface area contributed by atoms with E-state index >= 15 is 0 Å². The van der Waals surface area contributed by atoms with Crippen molar-refractivity contribution in [2.45, 2.75) is 17.9 Å². The first kappa shape index (κ1) is 22.1. The van der Waals surface area contributed by atoms with E-state index < -0.39 is 21.7 Å². The zero-order chi connectivity index (χ0) is 23.8. The number of sulfone groups is 1. The van der Waals surface area contributed by atoms with Crippen LogP contribution in [-0.4, -0.2) is 29.6 Å². The van der Waals surface area contributed by atoms with Crippen LogP contribution in [0.1, 0.15) is 24.2 Å². The van der Waals surface area contributed by atoms with Gasteiger partial charge in [0.05, 0.1) is 27.5 Å². The van der Waals surface area contributed by atoms with Gasteiger partial charge in [0.15, 0.2) is 9.84 Å². The second-order valence-electron chi connectivity index (χ2n) is 7.43. The highest BCUT2D eigenvalue weighted by Gasteiger charge is 2.28. The molecule has 166 valence electrons. The summed E-state index contributed by atoms with van der Waals surface area (Å²) in [4.78, 5) is 12.4. The number of nitriles is 1. The molecule has 0 amide bonds. The average molecular weight is 463 g/mol. The number of aromatic nitrogens is 3. The minimum absolute atomic E-state index is 0.0100. The van der Waals surface area contributed by atoms with Gasteiger partial charge >= 0.3 is 0 Å². The molecule has 4 aromatic rings. The van der Waals surface area contributed by atoms with Gasteiger partial charge in [-0.2, -0.15) is 5.26 Å². The predicted octanol–water partition coefficient (Wildman–Crippen LogP) is 3.86. The molecule has 2 aromatic carbocycles. The largest absolute Gasteiger partial charge is 0.382 e. The van der Waals surface area contributed by atoms with Crippen LogP contribution in [0.5, 0.6) is 0 Å². The highest BCUT2D eigenvalue weighted by Crippen LogP contribution is 2.39. The predicted molar refractivity (Wildman–Crippen MR) is 123 cm³/mol. The Hall–Kier alpha value is -4.10. The van der Waals surface area contributed by atoms with E-state index in [-0.39, 0.29) is 38.6 Å². The number of pyridine rings is 1. The SMILES string of the molecule is C[C@H](Nc1ncnc(N)c1C#N)c1nc2cccc(F)c2c(S(C)(=O)=O)c1-c1ccccc1. The summed E-state index contributed by atoms with van der Waals surface area (Å²) < 4.78 is 40.9. The second-order valence-corrected chi connectivity index (χ2v) is 9.39. The Morgan fingerprint density at radius 2 is 1.85 bits per heavy atom. The van der Waals surface area contributed by atoms with E-state index in [1.807, 2.05) is 6.07 Å². The highest BCUT2D eigenvalue weighted by atomic mass is 32.2. The monoisotopic (exact) mass is 462 g/mol. The maximum absolute atomic E-state index is 14.9. The zero-order valence-corrected chi connectivity index (χ0v) is 18.6. The van der Waals surface area contributed by atoms with Crippen molar-refractivity contribution >= 4 is 32.4 Å². The normalized spacial score (nSPS) is 12.3. The molecule has 0 fully saturated rings. The van der Waals surface area contributed by atoms with Crippen molar-refractivity contribution in [1.82, 2.24) is 15.0 Å². The molecule has 10 heteroatoms. The van der Waals surface area contributed by atoms with Crippen LogP contribution in [0, 0.1) is 17.1 Å². The molecule has 2 aromatic heterocycles. The molecule has 8 nitrogen and oxygen atoms in total. The molecular weight excluding hydrogens is 443 g/mol. The van der Waals surface area contributed by atoms with Crippen LogP contribution in [0.3, 0.4) is 0 Å². The quantitative estimate of drug-likeness (QED) is 0.456. The number of rotatable bonds is 5. The number of fused-ring (bicyclic) bond motifs is 1. The van der Waals surface area contributed by atoms with E-state index in [0.29, 0.717) is 11.3 Å². The zero-order valence-electron chi connectivity index (χ0n) is 17.7. The number of nitrogens with zero attached hydrogens (tertiary/aromatic N) is 4. The van der Waals surface area contributed by atoms with Crippen LogP contribution < -0.4 is 11.1 Å². The maximum atomic E-state index is 14.9. The lowest BCUT2D eigenvalue weighted by Crippen LogP contribution is -2.16. The van der Waals surface area contributed by atoms with Crippen molar-refractivity contribution < 1.29 is 12.8 Å². The molecule has 0 saturated heterocycles. The highest BCUT2D eigenvalue weighted by molar-refractivity contribution is 7.91. The number of hydrogen-bond acceptors (Lipinski definition) is 8. The Kier molecular flexibility index (Phi) is 5.66. The van der Waals surface area contributed by atoms with E-state index in [9.17, 15) is 18.1 Å². The number of halogens is 1. The van der Waals surface area contributed by atoms with Crippen molar-refractivity contribution in [1.29, 1.82) is 5.26 Å². The topological polar surface area (TPSA) is 135 Å². The van der Waals surface area contributed by atoms with E-state index in [2.05, 4.69) is 20.3 Å². The van der Waals surface area contributed by atoms with Crippen LogP contribution in [0.2, 0.25) is 0 Å². The lowest BCUT2D eigenvalue weighted by molar-refractivity contribution is 0.600. The van der Waals surface area contributed by atoms with Crippen LogP contribution in [0.15, 0.2) is 59.8 Å². The molecule has 2 heterocycles. The van der Waals surface area contributed by atoms with Crippen LogP contribution in [0.4, 0.5) is 16.0 Å². The molecule has 1 atom stereocenters. The third kappa shape index (κ3) is 4.06. The Labute approximate surface area is 189 Å². The summed E-state index contributed by atoms with van der Waals surface area (Å²) in [5, 5.41) is 12.5. The van der Waals surface area contributed by atoms with Gasteiger partial charge in [-0.1, -0.05) is 36.4 Å². The molecule has 4 rings (SSSR count). The van der Waals surface area contributed by atoms with Gasteiger partial charge in [0, 0.05) is 11.8 Å². The van der Waals surface area contributed by atoms with E-state index in [1.54, 1.807) is 43.3 Å². The third-order valence-electron chi connectivity index (χ3n) is 5.13. The summed E-state index contributed by atoms with van der Waals surface area (Å²) in [6, 6.07) is 14.3. The lowest BCUT2D eigenvalue weighted by atomic mass is 9.97. The van der Waals surface area contributed by atoms with Gasteiger partial charge in [0.1, 0.15) is 35.4 Å². The molecule has 3 N–H and O–H groups in total. The Morgan fingerprint density at radius 1 is 1.12 bits per heavy atom. The molecule has 0 radical (unpaired) electrons. The van der Waals surface area contributed by atoms with Gasteiger partial charge in [0.2, 0.25) is 0 Å². The van der Waals surface area contributed by atoms with Gasteiger partial charge < -0.3 is 11.1 Å². The molecular formula is C23H19FN6O2S. The minimum atomic E-state index is -3.88. The van der Waals surface area contributed by atoms with Crippen molar-refractivity contribution in [3.05, 3.63) is 71.9 Å². The fourth-order valence-corrected chi connectivity index (χ4v) is 4.88. The average Bonchev–Trinajstić information content (AvgIpc) is 2.78. The van der Waals surface area contributed by atoms with Crippen molar-refractivity contribution in [3.8, 4) is 17.2 Å². The van der Waals surface area contributed by atoms with E-state index in [4.69, 9.17) is 5.73 Å². The number of nitrogens with one attached hydrogen (secondary N) is 1. The van der Waals surface area contributed by atoms with Crippen molar-refractivity contribution in [2.24, 2.45) is 0 Å². The number of nitrogen functional groups attached to an aromatic ring is 1. The standard InChI is InChI=1S/C23H19FN6O2S/c1-13(29-23-15(11-25)22(26)27-12-28-23)20-18(14-7-4-3-5-8-14)21(33(2,31)32)19-16(24)9-6-10-17(19)30-20/h3-10,12-13H,1-2H3,(H3,26,27,28,29)/t13-/m0/s1. The molecule has 0 aliphatic rings. The van der Waals surface area contributed by atoms with E-state index in [0.717, 1.165) is 6.26 Å². The van der Waals surface area contributed by atoms with Crippen LogP contribution >= 0.6 is 0 Å². The Balaban J connectivity index is 2.05. The molecule has 0 unspecified atom stereocenters. The number of anilines is 2. The fraction of sp³-hybridized carbons (Fsp3) is 0.130.